The lowest BCUT2D eigenvalue weighted by Crippen LogP contribution is -2.43. The number of sulfonamides is 1. The van der Waals surface area contributed by atoms with E-state index in [2.05, 4.69) is 17.4 Å². The molecule has 1 amide bonds. The number of ether oxygens (including phenoxy) is 1. The van der Waals surface area contributed by atoms with Crippen LogP contribution < -0.4 is 10.1 Å². The Bertz CT molecular complexity index is 1180. The SMILES string of the molecule is COc1ccc(C)cc1S(=O)(=O)N(CC(=O)N[C@H](C)CCc1ccccc1)Cc1ccccc1. The summed E-state index contributed by atoms with van der Waals surface area (Å²) < 4.78 is 33.9. The van der Waals surface area contributed by atoms with Gasteiger partial charge in [0.2, 0.25) is 15.9 Å². The number of carbonyl (C=O) groups excluding carboxylic acids is 1. The smallest absolute Gasteiger partial charge is 0.247 e. The van der Waals surface area contributed by atoms with Gasteiger partial charge >= 0.3 is 0 Å². The summed E-state index contributed by atoms with van der Waals surface area (Å²) in [5.74, 6) is -0.0908. The number of rotatable bonds is 11. The number of amides is 1. The summed E-state index contributed by atoms with van der Waals surface area (Å²) in [6.07, 6.45) is 1.59. The minimum absolute atomic E-state index is 0.0517. The molecule has 0 unspecified atom stereocenters. The molecule has 0 aliphatic heterocycles. The lowest BCUT2D eigenvalue weighted by Gasteiger charge is -2.24. The maximum absolute atomic E-state index is 13.7. The van der Waals surface area contributed by atoms with Crippen LogP contribution in [-0.2, 0) is 27.8 Å². The van der Waals surface area contributed by atoms with Gasteiger partial charge in [-0.05, 0) is 55.5 Å². The second-order valence-corrected chi connectivity index (χ2v) is 10.3. The highest BCUT2D eigenvalue weighted by molar-refractivity contribution is 7.89. The Morgan fingerprint density at radius 3 is 2.21 bits per heavy atom. The molecule has 0 radical (unpaired) electrons. The van der Waals surface area contributed by atoms with Crippen LogP contribution in [0.4, 0.5) is 0 Å². The Morgan fingerprint density at radius 2 is 1.59 bits per heavy atom. The third-order valence-electron chi connectivity index (χ3n) is 5.57. The van der Waals surface area contributed by atoms with E-state index in [-0.39, 0.29) is 35.7 Å². The second kappa shape index (κ2) is 11.8. The number of aryl methyl sites for hydroxylation is 2. The Balaban J connectivity index is 1.78. The van der Waals surface area contributed by atoms with Crippen LogP contribution in [0.2, 0.25) is 0 Å². The maximum Gasteiger partial charge on any atom is 0.247 e. The molecule has 0 aromatic heterocycles. The molecule has 6 nitrogen and oxygen atoms in total. The van der Waals surface area contributed by atoms with Crippen LogP contribution in [0.3, 0.4) is 0 Å². The van der Waals surface area contributed by atoms with Crippen molar-refractivity contribution in [3.05, 3.63) is 95.6 Å². The first-order valence-corrected chi connectivity index (χ1v) is 12.8. The van der Waals surface area contributed by atoms with Crippen LogP contribution in [0.1, 0.15) is 30.0 Å². The number of methoxy groups -OCH3 is 1. The lowest BCUT2D eigenvalue weighted by atomic mass is 10.1. The van der Waals surface area contributed by atoms with E-state index in [0.717, 1.165) is 24.0 Å². The highest BCUT2D eigenvalue weighted by Gasteiger charge is 2.30. The van der Waals surface area contributed by atoms with Crippen molar-refractivity contribution in [1.82, 2.24) is 9.62 Å². The summed E-state index contributed by atoms with van der Waals surface area (Å²) in [7, 11) is -2.57. The predicted octanol–water partition coefficient (Wildman–Crippen LogP) is 4.33. The van der Waals surface area contributed by atoms with Crippen molar-refractivity contribution in [1.29, 1.82) is 0 Å². The van der Waals surface area contributed by atoms with Gasteiger partial charge in [-0.25, -0.2) is 8.42 Å². The van der Waals surface area contributed by atoms with E-state index < -0.39 is 10.0 Å². The van der Waals surface area contributed by atoms with E-state index >= 15 is 0 Å². The highest BCUT2D eigenvalue weighted by Crippen LogP contribution is 2.28. The van der Waals surface area contributed by atoms with Crippen molar-refractivity contribution in [3.8, 4) is 5.75 Å². The summed E-state index contributed by atoms with van der Waals surface area (Å²) in [6.45, 7) is 3.54. The van der Waals surface area contributed by atoms with Crippen LogP contribution in [-0.4, -0.2) is 38.3 Å². The molecule has 1 atom stereocenters. The van der Waals surface area contributed by atoms with E-state index in [0.29, 0.717) is 0 Å². The molecule has 0 aliphatic rings. The summed E-state index contributed by atoms with van der Waals surface area (Å²) in [6, 6.07) is 24.2. The van der Waals surface area contributed by atoms with Crippen LogP contribution in [0.5, 0.6) is 5.75 Å². The van der Waals surface area contributed by atoms with Crippen molar-refractivity contribution in [3.63, 3.8) is 0 Å². The monoisotopic (exact) mass is 480 g/mol. The number of hydrogen-bond acceptors (Lipinski definition) is 4. The van der Waals surface area contributed by atoms with Crippen molar-refractivity contribution in [2.75, 3.05) is 13.7 Å². The molecular formula is C27H32N2O4S. The fraction of sp³-hybridized carbons (Fsp3) is 0.296. The van der Waals surface area contributed by atoms with Gasteiger partial charge in [0.25, 0.3) is 0 Å². The van der Waals surface area contributed by atoms with Gasteiger partial charge in [0.15, 0.2) is 0 Å². The summed E-state index contributed by atoms with van der Waals surface area (Å²) >= 11 is 0. The van der Waals surface area contributed by atoms with Crippen molar-refractivity contribution in [2.45, 2.75) is 44.2 Å². The fourth-order valence-corrected chi connectivity index (χ4v) is 5.34. The molecule has 0 fully saturated rings. The van der Waals surface area contributed by atoms with Crippen LogP contribution >= 0.6 is 0 Å². The molecule has 3 rings (SSSR count). The van der Waals surface area contributed by atoms with E-state index in [1.807, 2.05) is 62.4 Å². The molecule has 1 N–H and O–H groups in total. The van der Waals surface area contributed by atoms with Crippen LogP contribution in [0.15, 0.2) is 83.8 Å². The molecule has 0 saturated heterocycles. The summed E-state index contributed by atoms with van der Waals surface area (Å²) in [5.41, 5.74) is 2.78. The average Bonchev–Trinajstić information content (AvgIpc) is 2.83. The molecule has 0 aliphatic carbocycles. The second-order valence-electron chi connectivity index (χ2n) is 8.41. The Labute approximate surface area is 202 Å². The van der Waals surface area contributed by atoms with Gasteiger partial charge in [-0.2, -0.15) is 4.31 Å². The summed E-state index contributed by atoms with van der Waals surface area (Å²) in [4.78, 5) is 13.0. The van der Waals surface area contributed by atoms with Crippen LogP contribution in [0.25, 0.3) is 0 Å². The zero-order chi connectivity index (χ0) is 24.6. The quantitative estimate of drug-likeness (QED) is 0.443. The van der Waals surface area contributed by atoms with E-state index in [1.165, 1.54) is 17.0 Å². The van der Waals surface area contributed by atoms with E-state index in [1.54, 1.807) is 18.2 Å². The molecule has 3 aromatic rings. The molecular weight excluding hydrogens is 448 g/mol. The largest absolute Gasteiger partial charge is 0.495 e. The number of nitrogens with one attached hydrogen (secondary N) is 1. The standard InChI is InChI=1S/C27H32N2O4S/c1-21-14-17-25(33-3)26(18-21)34(31,32)29(19-24-12-8-5-9-13-24)20-27(30)28-22(2)15-16-23-10-6-4-7-11-23/h4-14,17-18,22H,15-16,19-20H2,1-3H3,(H,28,30)/t22-/m1/s1. The van der Waals surface area contributed by atoms with Gasteiger partial charge in [-0.1, -0.05) is 66.7 Å². The Kier molecular flexibility index (Phi) is 8.85. The third-order valence-corrected chi connectivity index (χ3v) is 7.39. The predicted molar refractivity (Wildman–Crippen MR) is 134 cm³/mol. The van der Waals surface area contributed by atoms with E-state index in [9.17, 15) is 13.2 Å². The molecule has 0 heterocycles. The van der Waals surface area contributed by atoms with Gasteiger partial charge in [0, 0.05) is 12.6 Å². The molecule has 34 heavy (non-hydrogen) atoms. The lowest BCUT2D eigenvalue weighted by molar-refractivity contribution is -0.122. The molecule has 180 valence electrons. The number of hydrogen-bond donors (Lipinski definition) is 1. The molecule has 0 saturated carbocycles. The number of nitrogens with zero attached hydrogens (tertiary/aromatic N) is 1. The van der Waals surface area contributed by atoms with Crippen molar-refractivity contribution in [2.24, 2.45) is 0 Å². The molecule has 0 spiro atoms. The highest BCUT2D eigenvalue weighted by atomic mass is 32.2. The van der Waals surface area contributed by atoms with Crippen molar-refractivity contribution >= 4 is 15.9 Å². The van der Waals surface area contributed by atoms with Crippen molar-refractivity contribution < 1.29 is 17.9 Å². The summed E-state index contributed by atoms with van der Waals surface area (Å²) in [5, 5.41) is 2.95. The maximum atomic E-state index is 13.7. The van der Waals surface area contributed by atoms with E-state index in [4.69, 9.17) is 4.74 Å². The van der Waals surface area contributed by atoms with Gasteiger partial charge < -0.3 is 10.1 Å². The number of benzene rings is 3. The Hall–Kier alpha value is -3.16. The minimum atomic E-state index is -4.00. The van der Waals surface area contributed by atoms with Crippen LogP contribution in [0, 0.1) is 6.92 Å². The third kappa shape index (κ3) is 6.92. The average molecular weight is 481 g/mol. The molecule has 0 bridgehead atoms. The molecule has 3 aromatic carbocycles. The first-order chi connectivity index (χ1) is 16.3. The minimum Gasteiger partial charge on any atom is -0.495 e. The van der Waals surface area contributed by atoms with Gasteiger partial charge in [-0.15, -0.1) is 0 Å². The Morgan fingerprint density at radius 1 is 0.971 bits per heavy atom. The van der Waals surface area contributed by atoms with Gasteiger partial charge in [0.05, 0.1) is 13.7 Å². The van der Waals surface area contributed by atoms with Gasteiger partial charge in [-0.3, -0.25) is 4.79 Å². The molecule has 7 heteroatoms. The normalized spacial score (nSPS) is 12.4. The first-order valence-electron chi connectivity index (χ1n) is 11.3. The topological polar surface area (TPSA) is 75.7 Å². The fourth-order valence-electron chi connectivity index (χ4n) is 3.72. The zero-order valence-corrected chi connectivity index (χ0v) is 20.7. The number of carbonyl (C=O) groups is 1. The van der Waals surface area contributed by atoms with Gasteiger partial charge in [0.1, 0.15) is 10.6 Å². The zero-order valence-electron chi connectivity index (χ0n) is 19.9. The first kappa shape index (κ1) is 25.5.